The minimum atomic E-state index is -0.299. The Morgan fingerprint density at radius 3 is 2.43 bits per heavy atom. The van der Waals surface area contributed by atoms with Crippen molar-refractivity contribution in [3.8, 4) is 0 Å². The second-order valence-electron chi connectivity index (χ2n) is 4.28. The molecule has 0 aliphatic carbocycles. The number of primary amides is 1. The molecule has 0 radical (unpaired) electrons. The molecule has 0 unspecified atom stereocenters. The summed E-state index contributed by atoms with van der Waals surface area (Å²) in [6, 6.07) is 0. The average molecular weight is 197 g/mol. The molecule has 0 spiro atoms. The van der Waals surface area contributed by atoms with Gasteiger partial charge in [-0.1, -0.05) is 39.2 Å². The van der Waals surface area contributed by atoms with Crippen LogP contribution in [0.2, 0.25) is 0 Å². The topological polar surface area (TPSA) is 43.1 Å². The lowest BCUT2D eigenvalue weighted by molar-refractivity contribution is -0.114. The van der Waals surface area contributed by atoms with E-state index >= 15 is 0 Å². The van der Waals surface area contributed by atoms with Crippen molar-refractivity contribution in [2.45, 2.75) is 52.9 Å². The molecule has 14 heavy (non-hydrogen) atoms. The summed E-state index contributed by atoms with van der Waals surface area (Å²) in [5, 5.41) is 0. The van der Waals surface area contributed by atoms with Gasteiger partial charge in [-0.2, -0.15) is 0 Å². The second-order valence-corrected chi connectivity index (χ2v) is 4.28. The minimum Gasteiger partial charge on any atom is -0.366 e. The molecule has 0 rings (SSSR count). The van der Waals surface area contributed by atoms with E-state index in [2.05, 4.69) is 13.8 Å². The van der Waals surface area contributed by atoms with Crippen molar-refractivity contribution in [3.05, 3.63) is 11.6 Å². The Bertz CT molecular complexity index is 194. The van der Waals surface area contributed by atoms with E-state index in [4.69, 9.17) is 5.73 Å². The van der Waals surface area contributed by atoms with Crippen molar-refractivity contribution in [3.63, 3.8) is 0 Å². The smallest absolute Gasteiger partial charge is 0.244 e. The predicted octanol–water partition coefficient (Wildman–Crippen LogP) is 3.02. The van der Waals surface area contributed by atoms with Gasteiger partial charge in [-0.05, 0) is 25.7 Å². The van der Waals surface area contributed by atoms with Gasteiger partial charge in [-0.15, -0.1) is 0 Å². The number of carbonyl (C=O) groups excluding carboxylic acids is 1. The van der Waals surface area contributed by atoms with Crippen LogP contribution < -0.4 is 5.73 Å². The monoisotopic (exact) mass is 197 g/mol. The summed E-state index contributed by atoms with van der Waals surface area (Å²) in [6.45, 7) is 6.27. The number of allylic oxidation sites excluding steroid dienone is 1. The lowest BCUT2D eigenvalue weighted by Gasteiger charge is -2.02. The van der Waals surface area contributed by atoms with Crippen LogP contribution >= 0.6 is 0 Å². The lowest BCUT2D eigenvalue weighted by Crippen LogP contribution is -2.11. The molecule has 2 N–H and O–H groups in total. The number of unbranched alkanes of at least 4 members (excludes halogenated alkanes) is 3. The Labute approximate surface area is 87.6 Å². The Kier molecular flexibility index (Phi) is 7.17. The quantitative estimate of drug-likeness (QED) is 0.495. The van der Waals surface area contributed by atoms with Gasteiger partial charge in [0.15, 0.2) is 0 Å². The minimum absolute atomic E-state index is 0.299. The van der Waals surface area contributed by atoms with E-state index in [1.54, 1.807) is 6.92 Å². The van der Waals surface area contributed by atoms with E-state index < -0.39 is 0 Å². The van der Waals surface area contributed by atoms with Crippen LogP contribution in [0.1, 0.15) is 52.9 Å². The van der Waals surface area contributed by atoms with Crippen LogP contribution in [0.3, 0.4) is 0 Å². The van der Waals surface area contributed by atoms with Crippen LogP contribution in [-0.4, -0.2) is 5.91 Å². The zero-order valence-electron chi connectivity index (χ0n) is 9.68. The first-order chi connectivity index (χ1) is 6.54. The highest BCUT2D eigenvalue weighted by atomic mass is 16.1. The van der Waals surface area contributed by atoms with Crippen molar-refractivity contribution < 1.29 is 4.79 Å². The maximum atomic E-state index is 10.7. The second kappa shape index (κ2) is 7.60. The fraction of sp³-hybridized carbons (Fsp3) is 0.750. The van der Waals surface area contributed by atoms with Crippen LogP contribution in [0.25, 0.3) is 0 Å². The molecule has 0 bridgehead atoms. The zero-order valence-corrected chi connectivity index (χ0v) is 9.68. The van der Waals surface area contributed by atoms with E-state index in [-0.39, 0.29) is 5.91 Å². The molecule has 0 atom stereocenters. The molecule has 0 saturated carbocycles. The van der Waals surface area contributed by atoms with Gasteiger partial charge < -0.3 is 5.73 Å². The van der Waals surface area contributed by atoms with Crippen molar-refractivity contribution in [1.29, 1.82) is 0 Å². The van der Waals surface area contributed by atoms with Gasteiger partial charge in [0.2, 0.25) is 5.91 Å². The van der Waals surface area contributed by atoms with Crippen LogP contribution in [0.4, 0.5) is 0 Å². The molecule has 0 heterocycles. The molecule has 0 aliphatic rings. The van der Waals surface area contributed by atoms with Crippen LogP contribution in [-0.2, 0) is 4.79 Å². The van der Waals surface area contributed by atoms with Gasteiger partial charge in [0.1, 0.15) is 0 Å². The Balaban J connectivity index is 3.38. The first-order valence-electron chi connectivity index (χ1n) is 5.50. The third kappa shape index (κ3) is 7.84. The van der Waals surface area contributed by atoms with E-state index in [9.17, 15) is 4.79 Å². The number of hydrogen-bond donors (Lipinski definition) is 1. The van der Waals surface area contributed by atoms with Gasteiger partial charge in [0.05, 0.1) is 0 Å². The molecule has 82 valence electrons. The third-order valence-electron chi connectivity index (χ3n) is 2.32. The van der Waals surface area contributed by atoms with Crippen molar-refractivity contribution >= 4 is 5.91 Å². The molecule has 0 aromatic carbocycles. The Morgan fingerprint density at radius 2 is 1.93 bits per heavy atom. The maximum Gasteiger partial charge on any atom is 0.244 e. The van der Waals surface area contributed by atoms with E-state index in [1.807, 2.05) is 6.08 Å². The molecule has 0 saturated heterocycles. The number of nitrogens with two attached hydrogens (primary N) is 1. The van der Waals surface area contributed by atoms with E-state index in [1.165, 1.54) is 19.3 Å². The van der Waals surface area contributed by atoms with Gasteiger partial charge in [-0.25, -0.2) is 0 Å². The summed E-state index contributed by atoms with van der Waals surface area (Å²) in [4.78, 5) is 10.7. The van der Waals surface area contributed by atoms with Crippen LogP contribution in [0.15, 0.2) is 11.6 Å². The van der Waals surface area contributed by atoms with Gasteiger partial charge in [0.25, 0.3) is 0 Å². The summed E-state index contributed by atoms with van der Waals surface area (Å²) in [5.74, 6) is 0.505. The third-order valence-corrected chi connectivity index (χ3v) is 2.32. The average Bonchev–Trinajstić information content (AvgIpc) is 2.09. The van der Waals surface area contributed by atoms with Crippen LogP contribution in [0, 0.1) is 5.92 Å². The molecule has 0 aromatic heterocycles. The standard InChI is InChI=1S/C12H23NO/c1-10(2)8-6-4-5-7-9-11(3)12(13)14/h9-10H,4-8H2,1-3H3,(H2,13,14)/b11-9+. The van der Waals surface area contributed by atoms with Crippen molar-refractivity contribution in [2.75, 3.05) is 0 Å². The normalized spacial score (nSPS) is 12.1. The molecule has 0 aromatic rings. The highest BCUT2D eigenvalue weighted by molar-refractivity contribution is 5.91. The summed E-state index contributed by atoms with van der Waals surface area (Å²) in [6.07, 6.45) is 7.93. The fourth-order valence-electron chi connectivity index (χ4n) is 1.29. The summed E-state index contributed by atoms with van der Waals surface area (Å²) < 4.78 is 0. The molecule has 2 nitrogen and oxygen atoms in total. The number of rotatable bonds is 7. The largest absolute Gasteiger partial charge is 0.366 e. The van der Waals surface area contributed by atoms with Crippen LogP contribution in [0.5, 0.6) is 0 Å². The fourth-order valence-corrected chi connectivity index (χ4v) is 1.29. The van der Waals surface area contributed by atoms with E-state index in [0.29, 0.717) is 5.57 Å². The molecule has 0 aliphatic heterocycles. The van der Waals surface area contributed by atoms with Gasteiger partial charge in [-0.3, -0.25) is 4.79 Å². The number of amides is 1. The highest BCUT2D eigenvalue weighted by Gasteiger charge is 1.96. The first-order valence-corrected chi connectivity index (χ1v) is 5.50. The summed E-state index contributed by atoms with van der Waals surface area (Å²) in [5.41, 5.74) is 5.80. The molecule has 1 amide bonds. The van der Waals surface area contributed by atoms with Gasteiger partial charge >= 0.3 is 0 Å². The number of carbonyl (C=O) groups is 1. The maximum absolute atomic E-state index is 10.7. The predicted molar refractivity (Wildman–Crippen MR) is 60.9 cm³/mol. The van der Waals surface area contributed by atoms with Gasteiger partial charge in [0, 0.05) is 5.57 Å². The summed E-state index contributed by atoms with van der Waals surface area (Å²) in [7, 11) is 0. The molecular formula is C12H23NO. The van der Waals surface area contributed by atoms with Crippen molar-refractivity contribution in [1.82, 2.24) is 0 Å². The van der Waals surface area contributed by atoms with E-state index in [0.717, 1.165) is 18.8 Å². The molecule has 0 fully saturated rings. The van der Waals surface area contributed by atoms with Crippen molar-refractivity contribution in [2.24, 2.45) is 11.7 Å². The first kappa shape index (κ1) is 13.2. The SMILES string of the molecule is C/C(=C\CCCCCC(C)C)C(N)=O. The summed E-state index contributed by atoms with van der Waals surface area (Å²) >= 11 is 0. The molecule has 2 heteroatoms. The number of hydrogen-bond acceptors (Lipinski definition) is 1. The molecular weight excluding hydrogens is 174 g/mol. The Hall–Kier alpha value is -0.790. The highest BCUT2D eigenvalue weighted by Crippen LogP contribution is 2.10. The zero-order chi connectivity index (χ0) is 11.0. The Morgan fingerprint density at radius 1 is 1.29 bits per heavy atom. The lowest BCUT2D eigenvalue weighted by atomic mass is 10.0.